The topological polar surface area (TPSA) is 82.6 Å². The SMILES string of the molecule is COc1cc(C)c(S(=O)(=O)N(CCOCC(=O)N2CCN([C@@H]3CN4CCC3CC4)CC2)C2CC2)c(C)c1. The van der Waals surface area contributed by atoms with Crippen molar-refractivity contribution in [2.75, 3.05) is 72.7 Å². The maximum Gasteiger partial charge on any atom is 0.248 e. The number of aryl methyl sites for hydroxylation is 2. The monoisotopic (exact) mass is 534 g/mol. The van der Waals surface area contributed by atoms with Crippen molar-refractivity contribution in [2.24, 2.45) is 5.92 Å². The van der Waals surface area contributed by atoms with Gasteiger partial charge in [0, 0.05) is 51.4 Å². The van der Waals surface area contributed by atoms with Crippen LogP contribution in [0.3, 0.4) is 0 Å². The normalized spacial score (nSPS) is 26.6. The highest BCUT2D eigenvalue weighted by molar-refractivity contribution is 7.89. The number of sulfonamides is 1. The highest BCUT2D eigenvalue weighted by Gasteiger charge is 2.40. The minimum atomic E-state index is -3.67. The Balaban J connectivity index is 1.10. The molecule has 4 aliphatic heterocycles. The lowest BCUT2D eigenvalue weighted by Gasteiger charge is -2.51. The first-order chi connectivity index (χ1) is 17.8. The van der Waals surface area contributed by atoms with Crippen molar-refractivity contribution in [1.29, 1.82) is 0 Å². The zero-order valence-corrected chi connectivity index (χ0v) is 23.3. The number of piperazine rings is 1. The van der Waals surface area contributed by atoms with E-state index in [1.54, 1.807) is 37.4 Å². The molecule has 6 rings (SSSR count). The van der Waals surface area contributed by atoms with Crippen molar-refractivity contribution >= 4 is 15.9 Å². The summed E-state index contributed by atoms with van der Waals surface area (Å²) >= 11 is 0. The lowest BCUT2D eigenvalue weighted by molar-refractivity contribution is -0.139. The second kappa shape index (κ2) is 11.2. The lowest BCUT2D eigenvalue weighted by atomic mass is 9.83. The van der Waals surface area contributed by atoms with Crippen molar-refractivity contribution in [3.8, 4) is 5.75 Å². The van der Waals surface area contributed by atoms with Gasteiger partial charge in [0.2, 0.25) is 15.9 Å². The van der Waals surface area contributed by atoms with E-state index < -0.39 is 10.0 Å². The van der Waals surface area contributed by atoms with E-state index in [-0.39, 0.29) is 31.7 Å². The van der Waals surface area contributed by atoms with Crippen molar-refractivity contribution in [1.82, 2.24) is 19.0 Å². The molecule has 1 amide bonds. The summed E-state index contributed by atoms with van der Waals surface area (Å²) in [6.07, 6.45) is 4.33. The summed E-state index contributed by atoms with van der Waals surface area (Å²) in [7, 11) is -2.09. The van der Waals surface area contributed by atoms with E-state index in [4.69, 9.17) is 9.47 Å². The summed E-state index contributed by atoms with van der Waals surface area (Å²) in [5, 5.41) is 0. The van der Waals surface area contributed by atoms with Crippen LogP contribution in [-0.4, -0.2) is 118 Å². The van der Waals surface area contributed by atoms with Gasteiger partial charge in [0.25, 0.3) is 0 Å². The predicted molar refractivity (Wildman–Crippen MR) is 141 cm³/mol. The van der Waals surface area contributed by atoms with Crippen LogP contribution in [0.4, 0.5) is 0 Å². The van der Waals surface area contributed by atoms with Gasteiger partial charge in [-0.3, -0.25) is 9.69 Å². The molecule has 5 aliphatic rings. The van der Waals surface area contributed by atoms with Crippen LogP contribution in [0.5, 0.6) is 5.75 Å². The van der Waals surface area contributed by atoms with Gasteiger partial charge in [-0.1, -0.05) is 0 Å². The number of rotatable bonds is 10. The summed E-state index contributed by atoms with van der Waals surface area (Å²) in [5.74, 6) is 1.46. The Labute approximate surface area is 221 Å². The Morgan fingerprint density at radius 2 is 1.65 bits per heavy atom. The first kappa shape index (κ1) is 26.9. The largest absolute Gasteiger partial charge is 0.497 e. The fourth-order valence-electron chi connectivity index (χ4n) is 6.47. The molecule has 0 spiro atoms. The second-order valence-corrected chi connectivity index (χ2v) is 12.9. The van der Waals surface area contributed by atoms with Gasteiger partial charge in [0.1, 0.15) is 12.4 Å². The van der Waals surface area contributed by atoms with E-state index in [0.717, 1.165) is 44.9 Å². The van der Waals surface area contributed by atoms with E-state index in [1.807, 2.05) is 4.90 Å². The van der Waals surface area contributed by atoms with Gasteiger partial charge in [0.15, 0.2) is 0 Å². The molecule has 1 aliphatic carbocycles. The Morgan fingerprint density at radius 3 is 2.19 bits per heavy atom. The van der Waals surface area contributed by atoms with Gasteiger partial charge in [0.05, 0.1) is 18.6 Å². The maximum absolute atomic E-state index is 13.6. The van der Waals surface area contributed by atoms with Gasteiger partial charge in [-0.2, -0.15) is 4.31 Å². The maximum atomic E-state index is 13.6. The number of fused-ring (bicyclic) bond motifs is 3. The number of hydrogen-bond donors (Lipinski definition) is 0. The van der Waals surface area contributed by atoms with Crippen LogP contribution in [0.1, 0.15) is 36.8 Å². The molecule has 37 heavy (non-hydrogen) atoms. The van der Waals surface area contributed by atoms with Gasteiger partial charge in [-0.25, -0.2) is 8.42 Å². The van der Waals surface area contributed by atoms with Crippen molar-refractivity contribution in [3.05, 3.63) is 23.3 Å². The summed E-state index contributed by atoms with van der Waals surface area (Å²) in [6.45, 7) is 11.1. The zero-order chi connectivity index (χ0) is 26.2. The molecule has 1 aromatic carbocycles. The summed E-state index contributed by atoms with van der Waals surface area (Å²) in [4.78, 5) is 20.2. The van der Waals surface area contributed by atoms with E-state index in [2.05, 4.69) is 9.80 Å². The Bertz CT molecular complexity index is 1050. The average Bonchev–Trinajstić information content (AvgIpc) is 3.73. The Kier molecular flexibility index (Phi) is 8.12. The van der Waals surface area contributed by atoms with Crippen LogP contribution >= 0.6 is 0 Å². The van der Waals surface area contributed by atoms with E-state index >= 15 is 0 Å². The third-order valence-electron chi connectivity index (χ3n) is 8.63. The highest BCUT2D eigenvalue weighted by Crippen LogP contribution is 2.35. The van der Waals surface area contributed by atoms with Crippen LogP contribution in [-0.2, 0) is 19.6 Å². The summed E-state index contributed by atoms with van der Waals surface area (Å²) < 4.78 is 39.8. The molecule has 0 radical (unpaired) electrons. The van der Waals surface area contributed by atoms with Crippen molar-refractivity contribution in [2.45, 2.75) is 56.5 Å². The van der Waals surface area contributed by atoms with Crippen LogP contribution in [0, 0.1) is 19.8 Å². The molecule has 5 fully saturated rings. The zero-order valence-electron chi connectivity index (χ0n) is 22.5. The van der Waals surface area contributed by atoms with Gasteiger partial charge < -0.3 is 19.3 Å². The highest BCUT2D eigenvalue weighted by atomic mass is 32.2. The minimum Gasteiger partial charge on any atom is -0.497 e. The van der Waals surface area contributed by atoms with E-state index in [9.17, 15) is 13.2 Å². The molecule has 10 heteroatoms. The Morgan fingerprint density at radius 1 is 1.00 bits per heavy atom. The van der Waals surface area contributed by atoms with E-state index in [1.165, 1.54) is 32.5 Å². The van der Waals surface area contributed by atoms with Crippen LogP contribution < -0.4 is 4.74 Å². The molecule has 1 aromatic rings. The molecule has 0 unspecified atom stereocenters. The minimum absolute atomic E-state index is 0.00101. The smallest absolute Gasteiger partial charge is 0.248 e. The standard InChI is InChI=1S/C27H42N4O5S/c1-20-16-24(35-3)17-21(2)27(20)37(33,34)31(23-4-5-23)14-15-36-19-26(32)30-12-10-29(11-13-30)25-18-28-8-6-22(25)7-9-28/h16-17,22-23,25H,4-15,18-19H2,1-3H3/t25-/m1/s1. The van der Waals surface area contributed by atoms with Crippen molar-refractivity contribution < 1.29 is 22.7 Å². The quantitative estimate of drug-likeness (QED) is 0.423. The number of nitrogens with zero attached hydrogens (tertiary/aromatic N) is 4. The molecule has 0 N–H and O–H groups in total. The number of carbonyl (C=O) groups excluding carboxylic acids is 1. The third kappa shape index (κ3) is 5.83. The number of carbonyl (C=O) groups is 1. The molecule has 4 heterocycles. The lowest BCUT2D eigenvalue weighted by Crippen LogP contribution is -2.61. The predicted octanol–water partition coefficient (Wildman–Crippen LogP) is 1.72. The summed E-state index contributed by atoms with van der Waals surface area (Å²) in [6, 6.07) is 4.17. The fraction of sp³-hybridized carbons (Fsp3) is 0.741. The van der Waals surface area contributed by atoms with Crippen LogP contribution in [0.15, 0.2) is 17.0 Å². The third-order valence-corrected chi connectivity index (χ3v) is 10.9. The molecular weight excluding hydrogens is 492 g/mol. The van der Waals surface area contributed by atoms with Crippen LogP contribution in [0.2, 0.25) is 0 Å². The molecular formula is C27H42N4O5S. The average molecular weight is 535 g/mol. The van der Waals surface area contributed by atoms with Gasteiger partial charge in [-0.15, -0.1) is 0 Å². The molecule has 1 saturated carbocycles. The van der Waals surface area contributed by atoms with E-state index in [0.29, 0.717) is 27.8 Å². The number of piperidine rings is 3. The molecule has 2 bridgehead atoms. The van der Waals surface area contributed by atoms with Crippen LogP contribution in [0.25, 0.3) is 0 Å². The van der Waals surface area contributed by atoms with Crippen molar-refractivity contribution in [3.63, 3.8) is 0 Å². The number of hydrogen-bond acceptors (Lipinski definition) is 7. The number of methoxy groups -OCH3 is 1. The first-order valence-corrected chi connectivity index (χ1v) is 15.2. The first-order valence-electron chi connectivity index (χ1n) is 13.8. The number of benzene rings is 1. The molecule has 206 valence electrons. The molecule has 0 aromatic heterocycles. The second-order valence-electron chi connectivity index (χ2n) is 11.1. The van der Waals surface area contributed by atoms with Gasteiger partial charge >= 0.3 is 0 Å². The Hall–Kier alpha value is -1.72. The molecule has 9 nitrogen and oxygen atoms in total. The number of amides is 1. The van der Waals surface area contributed by atoms with Gasteiger partial charge in [-0.05, 0) is 81.8 Å². The molecule has 1 atom stereocenters. The fourth-order valence-corrected chi connectivity index (χ4v) is 8.55. The molecule has 4 saturated heterocycles. The summed E-state index contributed by atoms with van der Waals surface area (Å²) in [5.41, 5.74) is 1.35. The number of ether oxygens (including phenoxy) is 2.